The number of hydrogen-bond acceptors (Lipinski definition) is 2. The molecule has 1 saturated heterocycles. The molecule has 2 aliphatic rings. The quantitative estimate of drug-likeness (QED) is 0.643. The molecule has 0 bridgehead atoms. The third-order valence-electron chi connectivity index (χ3n) is 5.08. The van der Waals surface area contributed by atoms with E-state index in [0.29, 0.717) is 12.0 Å². The molecule has 0 spiro atoms. The van der Waals surface area contributed by atoms with Crippen LogP contribution in [0.5, 0.6) is 0 Å². The van der Waals surface area contributed by atoms with Crippen molar-refractivity contribution in [1.82, 2.24) is 4.90 Å². The number of thioether (sulfide) groups is 1. The summed E-state index contributed by atoms with van der Waals surface area (Å²) in [6.07, 6.45) is 4.77. The lowest BCUT2D eigenvalue weighted by atomic mass is 9.82. The molecule has 2 atom stereocenters. The van der Waals surface area contributed by atoms with Crippen molar-refractivity contribution in [2.75, 3.05) is 19.3 Å². The van der Waals surface area contributed by atoms with Crippen LogP contribution in [0.2, 0.25) is 0 Å². The van der Waals surface area contributed by atoms with Gasteiger partial charge in [-0.15, -0.1) is 11.8 Å². The van der Waals surface area contributed by atoms with E-state index in [-0.39, 0.29) is 0 Å². The Labute approximate surface area is 145 Å². The molecule has 22 heavy (non-hydrogen) atoms. The Balaban J connectivity index is 1.78. The lowest BCUT2D eigenvalue weighted by Gasteiger charge is -2.37. The zero-order valence-electron chi connectivity index (χ0n) is 12.8. The molecular weight excluding hydrogens is 354 g/mol. The summed E-state index contributed by atoms with van der Waals surface area (Å²) in [6.45, 7) is 2.41. The molecule has 3 heteroatoms. The van der Waals surface area contributed by atoms with Gasteiger partial charge in [0.15, 0.2) is 0 Å². The fourth-order valence-electron chi connectivity index (χ4n) is 4.00. The molecule has 1 nitrogen and oxygen atoms in total. The molecule has 0 aliphatic carbocycles. The minimum atomic E-state index is 0.508. The van der Waals surface area contributed by atoms with Crippen molar-refractivity contribution in [2.24, 2.45) is 0 Å². The third-order valence-corrected chi connectivity index (χ3v) is 6.32. The Kier molecular flexibility index (Phi) is 4.05. The number of benzene rings is 2. The van der Waals surface area contributed by atoms with Crippen LogP contribution in [-0.4, -0.2) is 24.2 Å². The minimum absolute atomic E-state index is 0.508. The van der Waals surface area contributed by atoms with Crippen LogP contribution in [-0.2, 0) is 0 Å². The molecule has 0 radical (unpaired) electrons. The van der Waals surface area contributed by atoms with Gasteiger partial charge in [-0.3, -0.25) is 4.90 Å². The highest BCUT2D eigenvalue weighted by Crippen LogP contribution is 2.45. The number of rotatable bonds is 2. The fourth-order valence-corrected chi connectivity index (χ4v) is 4.79. The van der Waals surface area contributed by atoms with Gasteiger partial charge in [-0.25, -0.2) is 0 Å². The topological polar surface area (TPSA) is 3.24 Å². The molecule has 0 N–H and O–H groups in total. The molecule has 2 aromatic rings. The van der Waals surface area contributed by atoms with Gasteiger partial charge in [0, 0.05) is 27.9 Å². The molecule has 0 amide bonds. The lowest BCUT2D eigenvalue weighted by molar-refractivity contribution is 0.230. The highest BCUT2D eigenvalue weighted by atomic mass is 79.9. The molecule has 0 saturated carbocycles. The van der Waals surface area contributed by atoms with E-state index in [1.165, 1.54) is 45.4 Å². The second kappa shape index (κ2) is 6.03. The summed E-state index contributed by atoms with van der Waals surface area (Å²) in [5.41, 5.74) is 4.52. The summed E-state index contributed by atoms with van der Waals surface area (Å²) < 4.78 is 1.21. The number of hydrogen-bond donors (Lipinski definition) is 0. The van der Waals surface area contributed by atoms with Crippen molar-refractivity contribution in [3.63, 3.8) is 0 Å². The maximum Gasteiger partial charge on any atom is 0.0352 e. The van der Waals surface area contributed by atoms with Crippen LogP contribution in [0.3, 0.4) is 0 Å². The average molecular weight is 374 g/mol. The van der Waals surface area contributed by atoms with E-state index >= 15 is 0 Å². The van der Waals surface area contributed by atoms with E-state index in [9.17, 15) is 0 Å². The largest absolute Gasteiger partial charge is 0.295 e. The number of nitrogens with zero attached hydrogens (tertiary/aromatic N) is 1. The summed E-state index contributed by atoms with van der Waals surface area (Å²) in [5.74, 6) is 0.508. The number of fused-ring (bicyclic) bond motifs is 3. The first kappa shape index (κ1) is 14.8. The van der Waals surface area contributed by atoms with Crippen molar-refractivity contribution in [3.05, 3.63) is 63.6 Å². The van der Waals surface area contributed by atoms with Gasteiger partial charge >= 0.3 is 0 Å². The van der Waals surface area contributed by atoms with Gasteiger partial charge in [0.1, 0.15) is 0 Å². The maximum absolute atomic E-state index is 3.66. The second-order valence-corrected chi connectivity index (χ2v) is 8.05. The average Bonchev–Trinajstić information content (AvgIpc) is 3.03. The van der Waals surface area contributed by atoms with Crippen molar-refractivity contribution in [3.8, 4) is 0 Å². The van der Waals surface area contributed by atoms with Crippen LogP contribution in [0.25, 0.3) is 0 Å². The summed E-state index contributed by atoms with van der Waals surface area (Å²) in [5, 5.41) is 0. The standard InChI is InChI=1S/C19H20BrNS/c1-22-15-7-4-13(5-8-15)18-12-21-10-2-3-19(21)17-11-14(20)6-9-16(17)18/h4-9,11,18-19H,2-3,10,12H2,1H3/t18-,19-/m1/s1. The molecule has 2 aromatic carbocycles. The third kappa shape index (κ3) is 2.53. The SMILES string of the molecule is CSc1ccc([C@H]2CN3CCC[C@@H]3c3cc(Br)ccc32)cc1. The van der Waals surface area contributed by atoms with E-state index in [2.05, 4.69) is 69.6 Å². The zero-order valence-corrected chi connectivity index (χ0v) is 15.2. The van der Waals surface area contributed by atoms with Crippen molar-refractivity contribution in [2.45, 2.75) is 29.7 Å². The first-order valence-electron chi connectivity index (χ1n) is 7.93. The first-order chi connectivity index (χ1) is 10.8. The van der Waals surface area contributed by atoms with Gasteiger partial charge in [0.2, 0.25) is 0 Å². The lowest BCUT2D eigenvalue weighted by Crippen LogP contribution is -2.34. The Hall–Kier alpha value is -0.770. The molecule has 0 unspecified atom stereocenters. The maximum atomic E-state index is 3.66. The predicted molar refractivity (Wildman–Crippen MR) is 97.8 cm³/mol. The molecule has 114 valence electrons. The van der Waals surface area contributed by atoms with Gasteiger partial charge < -0.3 is 0 Å². The minimum Gasteiger partial charge on any atom is -0.295 e. The van der Waals surface area contributed by atoms with E-state index in [0.717, 1.165) is 6.54 Å². The van der Waals surface area contributed by atoms with Crippen molar-refractivity contribution >= 4 is 27.7 Å². The summed E-state index contributed by atoms with van der Waals surface area (Å²) in [6, 6.07) is 16.7. The molecule has 1 fully saturated rings. The van der Waals surface area contributed by atoms with Crippen molar-refractivity contribution < 1.29 is 0 Å². The molecule has 4 rings (SSSR count). The summed E-state index contributed by atoms with van der Waals surface area (Å²) in [7, 11) is 0. The Morgan fingerprint density at radius 3 is 2.68 bits per heavy atom. The fraction of sp³-hybridized carbons (Fsp3) is 0.368. The predicted octanol–water partition coefficient (Wildman–Crippen LogP) is 5.45. The van der Waals surface area contributed by atoms with Gasteiger partial charge in [-0.05, 0) is 66.6 Å². The molecule has 0 aromatic heterocycles. The van der Waals surface area contributed by atoms with Crippen LogP contribution < -0.4 is 0 Å². The highest BCUT2D eigenvalue weighted by molar-refractivity contribution is 9.10. The second-order valence-electron chi connectivity index (χ2n) is 6.25. The van der Waals surface area contributed by atoms with E-state index < -0.39 is 0 Å². The van der Waals surface area contributed by atoms with E-state index in [1.54, 1.807) is 0 Å². The van der Waals surface area contributed by atoms with Crippen LogP contribution >= 0.6 is 27.7 Å². The molecular formula is C19H20BrNS. The Bertz CT molecular complexity index is 682. The van der Waals surface area contributed by atoms with Crippen LogP contribution in [0, 0.1) is 0 Å². The van der Waals surface area contributed by atoms with Gasteiger partial charge in [0.25, 0.3) is 0 Å². The normalized spacial score (nSPS) is 24.1. The summed E-state index contributed by atoms with van der Waals surface area (Å²) in [4.78, 5) is 4.02. The van der Waals surface area contributed by atoms with Crippen LogP contribution in [0.1, 0.15) is 41.5 Å². The van der Waals surface area contributed by atoms with E-state index in [1.807, 2.05) is 11.8 Å². The first-order valence-corrected chi connectivity index (χ1v) is 9.95. The van der Waals surface area contributed by atoms with Gasteiger partial charge in [-0.2, -0.15) is 0 Å². The van der Waals surface area contributed by atoms with Crippen molar-refractivity contribution in [1.29, 1.82) is 0 Å². The Morgan fingerprint density at radius 2 is 1.91 bits per heavy atom. The summed E-state index contributed by atoms with van der Waals surface area (Å²) >= 11 is 5.47. The van der Waals surface area contributed by atoms with Gasteiger partial charge in [0.05, 0.1) is 0 Å². The van der Waals surface area contributed by atoms with Gasteiger partial charge in [-0.1, -0.05) is 34.1 Å². The van der Waals surface area contributed by atoms with Crippen LogP contribution in [0.4, 0.5) is 0 Å². The van der Waals surface area contributed by atoms with Crippen LogP contribution in [0.15, 0.2) is 51.8 Å². The highest BCUT2D eigenvalue weighted by Gasteiger charge is 2.36. The zero-order chi connectivity index (χ0) is 15.1. The van der Waals surface area contributed by atoms with E-state index in [4.69, 9.17) is 0 Å². The number of halogens is 1. The Morgan fingerprint density at radius 1 is 1.09 bits per heavy atom. The molecule has 2 heterocycles. The smallest absolute Gasteiger partial charge is 0.0352 e. The monoisotopic (exact) mass is 373 g/mol. The molecule has 2 aliphatic heterocycles.